The summed E-state index contributed by atoms with van der Waals surface area (Å²) in [7, 11) is 0. The Hall–Kier alpha value is -2.44. The summed E-state index contributed by atoms with van der Waals surface area (Å²) in [5.74, 6) is -0.263. The zero-order chi connectivity index (χ0) is 15.2. The first-order chi connectivity index (χ1) is 10.0. The van der Waals surface area contributed by atoms with Crippen molar-refractivity contribution in [3.05, 3.63) is 34.4 Å². The van der Waals surface area contributed by atoms with E-state index in [1.807, 2.05) is 0 Å². The van der Waals surface area contributed by atoms with Crippen LogP contribution >= 0.6 is 0 Å². The van der Waals surface area contributed by atoms with Gasteiger partial charge in [-0.2, -0.15) is 0 Å². The molecule has 0 spiro atoms. The van der Waals surface area contributed by atoms with Crippen LogP contribution in [0.15, 0.2) is 29.4 Å². The van der Waals surface area contributed by atoms with Crippen molar-refractivity contribution in [2.24, 2.45) is 11.1 Å². The molecular weight excluding hydrogens is 276 g/mol. The Morgan fingerprint density at radius 3 is 2.76 bits per heavy atom. The molecule has 0 aromatic heterocycles. The van der Waals surface area contributed by atoms with E-state index in [9.17, 15) is 14.9 Å². The molecule has 21 heavy (non-hydrogen) atoms. The van der Waals surface area contributed by atoms with Crippen LogP contribution in [0.25, 0.3) is 0 Å². The second-order valence-electron chi connectivity index (χ2n) is 5.06. The number of aliphatic carboxylic acids is 1. The molecule has 112 valence electrons. The summed E-state index contributed by atoms with van der Waals surface area (Å²) >= 11 is 0. The van der Waals surface area contributed by atoms with Gasteiger partial charge >= 0.3 is 5.97 Å². The van der Waals surface area contributed by atoms with Gasteiger partial charge in [-0.15, -0.1) is 0 Å². The highest BCUT2D eigenvalue weighted by atomic mass is 16.6. The third-order valence-corrected chi connectivity index (χ3v) is 3.39. The van der Waals surface area contributed by atoms with E-state index < -0.39 is 10.9 Å². The van der Waals surface area contributed by atoms with E-state index in [2.05, 4.69) is 5.16 Å². The Morgan fingerprint density at radius 2 is 2.14 bits per heavy atom. The van der Waals surface area contributed by atoms with Crippen LogP contribution in [0.3, 0.4) is 0 Å². The molecule has 2 rings (SSSR count). The van der Waals surface area contributed by atoms with Gasteiger partial charge in [-0.05, 0) is 43.7 Å². The van der Waals surface area contributed by atoms with Crippen LogP contribution in [0.1, 0.15) is 32.1 Å². The van der Waals surface area contributed by atoms with Crippen LogP contribution in [0.4, 0.5) is 5.69 Å². The first kappa shape index (κ1) is 15.0. The second-order valence-corrected chi connectivity index (χ2v) is 5.06. The number of hydrogen-bond acceptors (Lipinski definition) is 5. The predicted molar refractivity (Wildman–Crippen MR) is 75.4 cm³/mol. The molecule has 1 aliphatic rings. The lowest BCUT2D eigenvalue weighted by molar-refractivity contribution is -0.384. The molecule has 1 saturated carbocycles. The van der Waals surface area contributed by atoms with Gasteiger partial charge < -0.3 is 9.94 Å². The lowest BCUT2D eigenvalue weighted by atomic mass is 9.86. The van der Waals surface area contributed by atoms with Gasteiger partial charge in [-0.3, -0.25) is 14.9 Å². The summed E-state index contributed by atoms with van der Waals surface area (Å²) in [6.45, 7) is 0. The van der Waals surface area contributed by atoms with Crippen LogP contribution in [0, 0.1) is 16.0 Å². The smallest absolute Gasteiger partial charge is 0.303 e. The number of carboxylic acids is 1. The van der Waals surface area contributed by atoms with Crippen molar-refractivity contribution in [3.63, 3.8) is 0 Å². The highest BCUT2D eigenvalue weighted by molar-refractivity contribution is 5.85. The first-order valence-electron chi connectivity index (χ1n) is 6.73. The fourth-order valence-electron chi connectivity index (χ4n) is 2.38. The molecule has 7 nitrogen and oxygen atoms in total. The Kier molecular flexibility index (Phi) is 4.86. The van der Waals surface area contributed by atoms with E-state index in [0.717, 1.165) is 25.0 Å². The number of rotatable bonds is 5. The maximum absolute atomic E-state index is 10.7. The monoisotopic (exact) mass is 292 g/mol. The van der Waals surface area contributed by atoms with E-state index in [1.165, 1.54) is 24.3 Å². The van der Waals surface area contributed by atoms with Crippen molar-refractivity contribution in [2.45, 2.75) is 32.1 Å². The summed E-state index contributed by atoms with van der Waals surface area (Å²) in [6, 6.07) is 5.67. The fourth-order valence-corrected chi connectivity index (χ4v) is 2.38. The molecule has 1 aromatic carbocycles. The minimum atomic E-state index is -0.794. The molecule has 0 bridgehead atoms. The maximum atomic E-state index is 10.7. The van der Waals surface area contributed by atoms with Crippen molar-refractivity contribution >= 4 is 17.4 Å². The molecule has 1 atom stereocenters. The molecule has 0 heterocycles. The second kappa shape index (κ2) is 6.83. The minimum absolute atomic E-state index is 0.00538. The number of nitro groups is 1. The number of carboxylic acid groups (broad SMARTS) is 1. The van der Waals surface area contributed by atoms with Gasteiger partial charge in [-0.1, -0.05) is 5.16 Å². The lowest BCUT2D eigenvalue weighted by Crippen LogP contribution is -2.18. The zero-order valence-corrected chi connectivity index (χ0v) is 11.4. The highest BCUT2D eigenvalue weighted by Gasteiger charge is 2.21. The molecule has 1 fully saturated rings. The van der Waals surface area contributed by atoms with E-state index >= 15 is 0 Å². The number of carbonyl (C=O) groups is 1. The summed E-state index contributed by atoms with van der Waals surface area (Å²) in [4.78, 5) is 26.0. The number of nitrogens with zero attached hydrogens (tertiary/aromatic N) is 2. The molecular formula is C14H16N2O5. The Labute approximate surface area is 121 Å². The van der Waals surface area contributed by atoms with Crippen LogP contribution in [0.2, 0.25) is 0 Å². The van der Waals surface area contributed by atoms with Crippen molar-refractivity contribution in [2.75, 3.05) is 0 Å². The molecule has 0 aliphatic heterocycles. The van der Waals surface area contributed by atoms with Crippen molar-refractivity contribution < 1.29 is 19.7 Å². The molecule has 0 radical (unpaired) electrons. The summed E-state index contributed by atoms with van der Waals surface area (Å²) in [6.07, 6.45) is 3.36. The summed E-state index contributed by atoms with van der Waals surface area (Å²) < 4.78 is 0. The van der Waals surface area contributed by atoms with E-state index in [0.29, 0.717) is 12.2 Å². The van der Waals surface area contributed by atoms with Crippen molar-refractivity contribution in [1.29, 1.82) is 0 Å². The van der Waals surface area contributed by atoms with Crippen LogP contribution in [-0.4, -0.2) is 21.7 Å². The average molecular weight is 292 g/mol. The standard InChI is InChI=1S/C14H16N2O5/c17-14(18)9-10-2-1-3-11(8-10)15-21-13-6-4-12(5-7-13)16(19)20/h4-7,10H,1-3,8-9H2,(H,17,18)/b15-11+. The van der Waals surface area contributed by atoms with Gasteiger partial charge in [0.05, 0.1) is 10.6 Å². The molecule has 1 aliphatic carbocycles. The van der Waals surface area contributed by atoms with Gasteiger partial charge in [-0.25, -0.2) is 0 Å². The maximum Gasteiger partial charge on any atom is 0.303 e. The largest absolute Gasteiger partial charge is 0.481 e. The summed E-state index contributed by atoms with van der Waals surface area (Å²) in [5.41, 5.74) is 0.833. The fraction of sp³-hybridized carbons (Fsp3) is 0.429. The SMILES string of the molecule is O=C(O)CC1CCC/C(=N\Oc2ccc([N+](=O)[O-])cc2)C1. The first-order valence-corrected chi connectivity index (χ1v) is 6.73. The van der Waals surface area contributed by atoms with Gasteiger partial charge in [0.1, 0.15) is 0 Å². The van der Waals surface area contributed by atoms with Crippen LogP contribution in [0.5, 0.6) is 5.75 Å². The third-order valence-electron chi connectivity index (χ3n) is 3.39. The molecule has 1 aromatic rings. The number of hydrogen-bond donors (Lipinski definition) is 1. The lowest BCUT2D eigenvalue weighted by Gasteiger charge is -2.21. The Morgan fingerprint density at radius 1 is 1.43 bits per heavy atom. The molecule has 1 unspecified atom stereocenters. The van der Waals surface area contributed by atoms with Gasteiger partial charge in [0, 0.05) is 18.6 Å². The number of nitro benzene ring substituents is 1. The van der Waals surface area contributed by atoms with Gasteiger partial charge in [0.2, 0.25) is 0 Å². The Bertz CT molecular complexity index is 553. The van der Waals surface area contributed by atoms with Crippen molar-refractivity contribution in [1.82, 2.24) is 0 Å². The van der Waals surface area contributed by atoms with Gasteiger partial charge in [0.15, 0.2) is 5.75 Å². The van der Waals surface area contributed by atoms with Gasteiger partial charge in [0.25, 0.3) is 5.69 Å². The molecule has 0 saturated heterocycles. The highest BCUT2D eigenvalue weighted by Crippen LogP contribution is 2.25. The van der Waals surface area contributed by atoms with Crippen molar-refractivity contribution in [3.8, 4) is 5.75 Å². The quantitative estimate of drug-likeness (QED) is 0.663. The third kappa shape index (κ3) is 4.55. The number of oxime groups is 1. The van der Waals surface area contributed by atoms with E-state index in [4.69, 9.17) is 9.94 Å². The molecule has 1 N–H and O–H groups in total. The zero-order valence-electron chi connectivity index (χ0n) is 11.4. The van der Waals surface area contributed by atoms with Crippen LogP contribution in [-0.2, 0) is 4.79 Å². The Balaban J connectivity index is 1.93. The predicted octanol–water partition coefficient (Wildman–Crippen LogP) is 2.99. The minimum Gasteiger partial charge on any atom is -0.481 e. The number of non-ortho nitro benzene ring substituents is 1. The topological polar surface area (TPSA) is 102 Å². The van der Waals surface area contributed by atoms with Crippen LogP contribution < -0.4 is 4.84 Å². The number of benzene rings is 1. The molecule has 7 heteroatoms. The normalized spacial score (nSPS) is 20.2. The van der Waals surface area contributed by atoms with E-state index in [1.54, 1.807) is 0 Å². The molecule has 0 amide bonds. The van der Waals surface area contributed by atoms with E-state index in [-0.39, 0.29) is 18.0 Å². The summed E-state index contributed by atoms with van der Waals surface area (Å²) in [5, 5.41) is 23.4. The average Bonchev–Trinajstić information content (AvgIpc) is 2.45.